The van der Waals surface area contributed by atoms with Crippen LogP contribution in [0, 0.1) is 5.92 Å². The van der Waals surface area contributed by atoms with Gasteiger partial charge in [-0.15, -0.1) is 0 Å². The van der Waals surface area contributed by atoms with Crippen LogP contribution in [0.2, 0.25) is 5.02 Å². The first-order chi connectivity index (χ1) is 11.6. The summed E-state index contributed by atoms with van der Waals surface area (Å²) in [6.45, 7) is 2.44. The molecule has 2 aromatic rings. The summed E-state index contributed by atoms with van der Waals surface area (Å²) in [4.78, 5) is 32.1. The fraction of sp³-hybridized carbons (Fsp3) is 0.353. The zero-order valence-electron chi connectivity index (χ0n) is 13.2. The third kappa shape index (κ3) is 4.14. The van der Waals surface area contributed by atoms with Gasteiger partial charge in [-0.3, -0.25) is 9.59 Å². The molecule has 1 aromatic heterocycles. The third-order valence-electron chi connectivity index (χ3n) is 4.19. The summed E-state index contributed by atoms with van der Waals surface area (Å²) in [5, 5.41) is 3.64. The predicted molar refractivity (Wildman–Crippen MR) is 93.3 cm³/mol. The van der Waals surface area contributed by atoms with E-state index in [-0.39, 0.29) is 17.9 Å². The fourth-order valence-electron chi connectivity index (χ4n) is 2.90. The highest BCUT2D eigenvalue weighted by atomic mass is 35.5. The van der Waals surface area contributed by atoms with Crippen molar-refractivity contribution in [3.8, 4) is 0 Å². The number of aromatic amines is 1. The Kier molecular flexibility index (Phi) is 5.15. The number of H-pyrrole nitrogens is 1. The Morgan fingerprint density at radius 2 is 2.33 bits per heavy atom. The van der Waals surface area contributed by atoms with E-state index in [2.05, 4.69) is 20.2 Å². The van der Waals surface area contributed by atoms with E-state index < -0.39 is 0 Å². The number of carbonyl (C=O) groups excluding carboxylic acids is 1. The van der Waals surface area contributed by atoms with Gasteiger partial charge in [0.1, 0.15) is 0 Å². The van der Waals surface area contributed by atoms with Crippen LogP contribution in [-0.4, -0.2) is 35.5 Å². The topological polar surface area (TPSA) is 78.1 Å². The molecule has 1 amide bonds. The fourth-order valence-corrected chi connectivity index (χ4v) is 3.09. The van der Waals surface area contributed by atoms with E-state index in [9.17, 15) is 9.59 Å². The molecule has 126 valence electrons. The van der Waals surface area contributed by atoms with Crippen LogP contribution in [-0.2, 0) is 11.2 Å². The second-order valence-electron chi connectivity index (χ2n) is 5.97. The first-order valence-corrected chi connectivity index (χ1v) is 8.28. The Bertz CT molecular complexity index is 777. The van der Waals surface area contributed by atoms with Crippen LogP contribution in [0.1, 0.15) is 12.0 Å². The lowest BCUT2D eigenvalue weighted by Gasteiger charge is -2.19. The van der Waals surface area contributed by atoms with Crippen LogP contribution in [0.25, 0.3) is 0 Å². The summed E-state index contributed by atoms with van der Waals surface area (Å²) in [5.74, 6) is 0.231. The van der Waals surface area contributed by atoms with Gasteiger partial charge in [0.25, 0.3) is 5.56 Å². The quantitative estimate of drug-likeness (QED) is 0.862. The summed E-state index contributed by atoms with van der Waals surface area (Å²) in [6, 6.07) is 7.80. The minimum absolute atomic E-state index is 0.0495. The zero-order valence-corrected chi connectivity index (χ0v) is 13.9. The van der Waals surface area contributed by atoms with Crippen LogP contribution in [0.3, 0.4) is 0 Å². The third-order valence-corrected chi connectivity index (χ3v) is 4.43. The molecule has 0 saturated carbocycles. The Morgan fingerprint density at radius 1 is 1.46 bits per heavy atom. The van der Waals surface area contributed by atoms with Crippen LogP contribution >= 0.6 is 11.6 Å². The lowest BCUT2D eigenvalue weighted by molar-refractivity contribution is -0.120. The van der Waals surface area contributed by atoms with Gasteiger partial charge in [0.2, 0.25) is 5.91 Å². The normalized spacial score (nSPS) is 17.0. The molecule has 1 aromatic carbocycles. The van der Waals surface area contributed by atoms with Gasteiger partial charge in [-0.05, 0) is 30.5 Å². The summed E-state index contributed by atoms with van der Waals surface area (Å²) in [5.41, 5.74) is 1.22. The van der Waals surface area contributed by atoms with Crippen molar-refractivity contribution in [2.45, 2.75) is 12.8 Å². The molecule has 7 heteroatoms. The number of benzene rings is 1. The second-order valence-corrected chi connectivity index (χ2v) is 6.40. The van der Waals surface area contributed by atoms with Crippen LogP contribution < -0.4 is 15.8 Å². The van der Waals surface area contributed by atoms with E-state index in [1.165, 1.54) is 12.5 Å². The number of nitrogens with zero attached hydrogens (tertiary/aromatic N) is 2. The zero-order chi connectivity index (χ0) is 16.9. The van der Waals surface area contributed by atoms with E-state index in [0.717, 1.165) is 30.2 Å². The molecule has 3 rings (SSSR count). The first-order valence-electron chi connectivity index (χ1n) is 7.90. The number of halogens is 1. The summed E-state index contributed by atoms with van der Waals surface area (Å²) in [7, 11) is 0. The van der Waals surface area contributed by atoms with E-state index in [4.69, 9.17) is 11.6 Å². The van der Waals surface area contributed by atoms with Crippen molar-refractivity contribution >= 4 is 23.2 Å². The molecular weight excluding hydrogens is 328 g/mol. The maximum atomic E-state index is 12.0. The Morgan fingerprint density at radius 3 is 3.12 bits per heavy atom. The van der Waals surface area contributed by atoms with Gasteiger partial charge >= 0.3 is 0 Å². The number of anilines is 1. The van der Waals surface area contributed by atoms with Crippen molar-refractivity contribution in [2.75, 3.05) is 24.5 Å². The average Bonchev–Trinajstić information content (AvgIpc) is 3.04. The minimum atomic E-state index is -0.270. The van der Waals surface area contributed by atoms with Crippen LogP contribution in [0.4, 0.5) is 5.69 Å². The lowest BCUT2D eigenvalue weighted by Crippen LogP contribution is -2.33. The highest BCUT2D eigenvalue weighted by molar-refractivity contribution is 6.30. The van der Waals surface area contributed by atoms with Crippen LogP contribution in [0.5, 0.6) is 0 Å². The van der Waals surface area contributed by atoms with E-state index in [1.807, 2.05) is 24.3 Å². The van der Waals surface area contributed by atoms with E-state index in [1.54, 1.807) is 0 Å². The van der Waals surface area contributed by atoms with Gasteiger partial charge in [-0.1, -0.05) is 17.7 Å². The highest BCUT2D eigenvalue weighted by Crippen LogP contribution is 2.25. The van der Waals surface area contributed by atoms with Crippen molar-refractivity contribution in [1.29, 1.82) is 0 Å². The monoisotopic (exact) mass is 346 g/mol. The number of amides is 1. The standard InChI is InChI=1S/C17H19ClN4O2/c18-14-2-1-3-15(7-14)22-5-4-12(10-22)8-20-16(23)6-13-9-19-11-21-17(13)24/h1-3,7,9,11-12H,4-6,8,10H2,(H,20,23)(H,19,21,24)/t12-/m1/s1. The molecule has 0 unspecified atom stereocenters. The molecule has 2 N–H and O–H groups in total. The molecule has 1 fully saturated rings. The first kappa shape index (κ1) is 16.5. The summed E-state index contributed by atoms with van der Waals surface area (Å²) < 4.78 is 0. The molecule has 1 aliphatic rings. The molecule has 0 spiro atoms. The number of rotatable bonds is 5. The average molecular weight is 347 g/mol. The highest BCUT2D eigenvalue weighted by Gasteiger charge is 2.23. The van der Waals surface area contributed by atoms with E-state index in [0.29, 0.717) is 18.0 Å². The number of aromatic nitrogens is 2. The van der Waals surface area contributed by atoms with Crippen molar-refractivity contribution in [2.24, 2.45) is 5.92 Å². The maximum Gasteiger partial charge on any atom is 0.254 e. The van der Waals surface area contributed by atoms with Gasteiger partial charge in [-0.25, -0.2) is 4.98 Å². The van der Waals surface area contributed by atoms with Crippen molar-refractivity contribution in [3.05, 3.63) is 57.7 Å². The van der Waals surface area contributed by atoms with Crippen molar-refractivity contribution in [1.82, 2.24) is 15.3 Å². The Labute approximate surface area is 144 Å². The Hall–Kier alpha value is -2.34. The Balaban J connectivity index is 1.48. The molecule has 6 nitrogen and oxygen atoms in total. The maximum absolute atomic E-state index is 12.0. The molecule has 2 heterocycles. The predicted octanol–water partition coefficient (Wildman–Crippen LogP) is 1.61. The summed E-state index contributed by atoms with van der Waals surface area (Å²) in [6.07, 6.45) is 3.80. The largest absolute Gasteiger partial charge is 0.371 e. The van der Waals surface area contributed by atoms with Gasteiger partial charge in [0.05, 0.1) is 12.7 Å². The SMILES string of the molecule is O=C(Cc1cnc[nH]c1=O)NC[C@H]1CCN(c2cccc(Cl)c2)C1. The van der Waals surface area contributed by atoms with Crippen molar-refractivity contribution < 1.29 is 4.79 Å². The number of hydrogen-bond donors (Lipinski definition) is 2. The number of carbonyl (C=O) groups is 1. The molecule has 1 aliphatic heterocycles. The molecule has 0 radical (unpaired) electrons. The molecule has 0 bridgehead atoms. The molecule has 1 atom stereocenters. The van der Waals surface area contributed by atoms with Gasteiger partial charge in [0.15, 0.2) is 0 Å². The second kappa shape index (κ2) is 7.49. The number of hydrogen-bond acceptors (Lipinski definition) is 4. The minimum Gasteiger partial charge on any atom is -0.371 e. The molecule has 24 heavy (non-hydrogen) atoms. The molecule has 1 saturated heterocycles. The number of nitrogens with one attached hydrogen (secondary N) is 2. The van der Waals surface area contributed by atoms with Gasteiger partial charge < -0.3 is 15.2 Å². The van der Waals surface area contributed by atoms with E-state index >= 15 is 0 Å². The smallest absolute Gasteiger partial charge is 0.254 e. The molecular formula is C17H19ClN4O2. The lowest BCUT2D eigenvalue weighted by atomic mass is 10.1. The van der Waals surface area contributed by atoms with Crippen molar-refractivity contribution in [3.63, 3.8) is 0 Å². The van der Waals surface area contributed by atoms with Gasteiger partial charge in [0, 0.05) is 42.1 Å². The van der Waals surface area contributed by atoms with Crippen LogP contribution in [0.15, 0.2) is 41.6 Å². The van der Waals surface area contributed by atoms with Gasteiger partial charge in [-0.2, -0.15) is 0 Å². The molecule has 0 aliphatic carbocycles. The summed E-state index contributed by atoms with van der Waals surface area (Å²) >= 11 is 6.04.